The van der Waals surface area contributed by atoms with Gasteiger partial charge in [-0.2, -0.15) is 26.3 Å². The van der Waals surface area contributed by atoms with Crippen LogP contribution in [0, 0.1) is 0 Å². The Hall–Kier alpha value is -0.920. The lowest BCUT2D eigenvalue weighted by Crippen LogP contribution is -2.30. The summed E-state index contributed by atoms with van der Waals surface area (Å²) in [4.78, 5) is 0. The summed E-state index contributed by atoms with van der Waals surface area (Å²) in [5.41, 5.74) is 0. The van der Waals surface area contributed by atoms with E-state index in [4.69, 9.17) is 0 Å². The summed E-state index contributed by atoms with van der Waals surface area (Å²) in [6.07, 6.45) is -12.7. The minimum absolute atomic E-state index is 0.167. The van der Waals surface area contributed by atoms with Gasteiger partial charge in [0, 0.05) is 13.2 Å². The summed E-state index contributed by atoms with van der Waals surface area (Å²) >= 11 is 0. The van der Waals surface area contributed by atoms with Gasteiger partial charge in [-0.05, 0) is 0 Å². The Bertz CT molecular complexity index is 229. The van der Waals surface area contributed by atoms with Crippen molar-refractivity contribution in [2.75, 3.05) is 14.2 Å². The van der Waals surface area contributed by atoms with Crippen molar-refractivity contribution in [1.82, 2.24) is 0 Å². The first-order chi connectivity index (χ1) is 6.62. The third-order valence-electron chi connectivity index (χ3n) is 1.38. The van der Waals surface area contributed by atoms with Crippen molar-refractivity contribution < 1.29 is 35.8 Å². The largest absolute Gasteiger partial charge is 0.492 e. The second-order valence-corrected chi connectivity index (χ2v) is 2.43. The first-order valence-electron chi connectivity index (χ1n) is 3.55. The zero-order valence-corrected chi connectivity index (χ0v) is 7.74. The summed E-state index contributed by atoms with van der Waals surface area (Å²) in [6.45, 7) is 0. The zero-order valence-electron chi connectivity index (χ0n) is 7.74. The van der Waals surface area contributed by atoms with E-state index in [1.807, 2.05) is 0 Å². The van der Waals surface area contributed by atoms with Gasteiger partial charge >= 0.3 is 12.4 Å². The molecule has 0 aromatic carbocycles. The molecule has 0 saturated heterocycles. The number of rotatable bonds is 3. The third-order valence-corrected chi connectivity index (χ3v) is 1.38. The Morgan fingerprint density at radius 3 is 1.73 bits per heavy atom. The lowest BCUT2D eigenvalue weighted by Gasteiger charge is -2.17. The number of hydrogen-bond acceptors (Lipinski definition) is 2. The quantitative estimate of drug-likeness (QED) is 0.555. The van der Waals surface area contributed by atoms with Gasteiger partial charge in [-0.15, -0.1) is 0 Å². The number of hydrogen-bond donors (Lipinski definition) is 0. The summed E-state index contributed by atoms with van der Waals surface area (Å²) < 4.78 is 79.7. The maximum absolute atomic E-state index is 12.0. The predicted molar refractivity (Wildman–Crippen MR) is 38.0 cm³/mol. The van der Waals surface area contributed by atoms with Crippen LogP contribution in [0.3, 0.4) is 0 Å². The van der Waals surface area contributed by atoms with Gasteiger partial charge in [0.1, 0.15) is 0 Å². The molecule has 0 spiro atoms. The molecular weight excluding hydrogens is 230 g/mol. The van der Waals surface area contributed by atoms with E-state index in [1.54, 1.807) is 0 Å². The van der Waals surface area contributed by atoms with Crippen LogP contribution in [0.2, 0.25) is 0 Å². The highest BCUT2D eigenvalue weighted by atomic mass is 19.4. The molecular formula is C7H8F6O2. The Morgan fingerprint density at radius 2 is 1.53 bits per heavy atom. The average molecular weight is 238 g/mol. The molecule has 0 aliphatic rings. The van der Waals surface area contributed by atoms with Crippen LogP contribution in [-0.2, 0) is 9.47 Å². The van der Waals surface area contributed by atoms with E-state index in [1.165, 1.54) is 0 Å². The van der Waals surface area contributed by atoms with Crippen molar-refractivity contribution in [2.45, 2.75) is 18.5 Å². The van der Waals surface area contributed by atoms with E-state index in [9.17, 15) is 26.3 Å². The molecule has 0 heterocycles. The van der Waals surface area contributed by atoms with E-state index in [0.29, 0.717) is 14.2 Å². The minimum atomic E-state index is -4.98. The third kappa shape index (κ3) is 4.41. The van der Waals surface area contributed by atoms with E-state index in [2.05, 4.69) is 9.47 Å². The maximum Gasteiger partial charge on any atom is 0.448 e. The normalized spacial score (nSPS) is 16.4. The van der Waals surface area contributed by atoms with Crippen LogP contribution < -0.4 is 0 Å². The fourth-order valence-electron chi connectivity index (χ4n) is 0.712. The fraction of sp³-hybridized carbons (Fsp3) is 0.714. The molecule has 1 atom stereocenters. The van der Waals surface area contributed by atoms with Crippen LogP contribution in [0.25, 0.3) is 0 Å². The topological polar surface area (TPSA) is 18.5 Å². The van der Waals surface area contributed by atoms with Crippen LogP contribution in [0.1, 0.15) is 0 Å². The lowest BCUT2D eigenvalue weighted by atomic mass is 10.3. The summed E-state index contributed by atoms with van der Waals surface area (Å²) in [6, 6.07) is 0. The molecule has 0 N–H and O–H groups in total. The van der Waals surface area contributed by atoms with Gasteiger partial charge in [0.2, 0.25) is 0 Å². The summed E-state index contributed by atoms with van der Waals surface area (Å²) in [5, 5.41) is 0. The van der Waals surface area contributed by atoms with Crippen molar-refractivity contribution in [3.05, 3.63) is 11.8 Å². The molecule has 0 aliphatic heterocycles. The molecule has 8 heteroatoms. The van der Waals surface area contributed by atoms with Crippen LogP contribution in [-0.4, -0.2) is 32.7 Å². The molecule has 0 fully saturated rings. The molecule has 15 heavy (non-hydrogen) atoms. The van der Waals surface area contributed by atoms with Crippen molar-refractivity contribution in [2.24, 2.45) is 0 Å². The van der Waals surface area contributed by atoms with Crippen molar-refractivity contribution in [3.8, 4) is 0 Å². The summed E-state index contributed by atoms with van der Waals surface area (Å²) in [5.74, 6) is -1.74. The zero-order chi connectivity index (χ0) is 12.3. The molecule has 0 radical (unpaired) electrons. The van der Waals surface area contributed by atoms with Crippen molar-refractivity contribution in [1.29, 1.82) is 0 Å². The molecule has 0 rings (SSSR count). The second kappa shape index (κ2) is 4.73. The SMILES string of the molecule is CO/C(=C\C(OC)C(F)(F)F)C(F)(F)F. The number of ether oxygens (including phenoxy) is 2. The van der Waals surface area contributed by atoms with Gasteiger partial charge in [0.15, 0.2) is 11.9 Å². The smallest absolute Gasteiger partial charge is 0.448 e. The van der Waals surface area contributed by atoms with Gasteiger partial charge in [-0.1, -0.05) is 0 Å². The van der Waals surface area contributed by atoms with E-state index < -0.39 is 24.2 Å². The van der Waals surface area contributed by atoms with Crippen LogP contribution >= 0.6 is 0 Å². The monoisotopic (exact) mass is 238 g/mol. The number of methoxy groups -OCH3 is 2. The standard InChI is InChI=1S/C7H8F6O2/c1-14-4(6(8,9)10)3-5(15-2)7(11,12)13/h3-4H,1-2H3/b5-3-. The Labute approximate surface area is 81.5 Å². The highest BCUT2D eigenvalue weighted by molar-refractivity contribution is 5.05. The van der Waals surface area contributed by atoms with Gasteiger partial charge in [0.25, 0.3) is 0 Å². The van der Waals surface area contributed by atoms with E-state index in [-0.39, 0.29) is 6.08 Å². The van der Waals surface area contributed by atoms with Gasteiger partial charge in [-0.3, -0.25) is 0 Å². The van der Waals surface area contributed by atoms with Gasteiger partial charge in [-0.25, -0.2) is 0 Å². The van der Waals surface area contributed by atoms with Crippen LogP contribution in [0.15, 0.2) is 11.8 Å². The highest BCUT2D eigenvalue weighted by Crippen LogP contribution is 2.30. The van der Waals surface area contributed by atoms with Crippen LogP contribution in [0.4, 0.5) is 26.3 Å². The van der Waals surface area contributed by atoms with E-state index >= 15 is 0 Å². The second-order valence-electron chi connectivity index (χ2n) is 2.43. The molecule has 0 amide bonds. The summed E-state index contributed by atoms with van der Waals surface area (Å²) in [7, 11) is 1.28. The number of alkyl halides is 6. The molecule has 0 aromatic heterocycles. The molecule has 0 aromatic rings. The highest BCUT2D eigenvalue weighted by Gasteiger charge is 2.43. The number of allylic oxidation sites excluding steroid dienone is 1. The molecule has 2 nitrogen and oxygen atoms in total. The van der Waals surface area contributed by atoms with Crippen molar-refractivity contribution in [3.63, 3.8) is 0 Å². The molecule has 0 bridgehead atoms. The molecule has 0 aliphatic carbocycles. The minimum Gasteiger partial charge on any atom is -0.492 e. The maximum atomic E-state index is 12.0. The van der Waals surface area contributed by atoms with Gasteiger partial charge in [0.05, 0.1) is 7.11 Å². The number of halogens is 6. The average Bonchev–Trinajstić information content (AvgIpc) is 2.01. The van der Waals surface area contributed by atoms with Crippen molar-refractivity contribution >= 4 is 0 Å². The van der Waals surface area contributed by atoms with E-state index in [0.717, 1.165) is 0 Å². The Balaban J connectivity index is 4.96. The predicted octanol–water partition coefficient (Wildman–Crippen LogP) is 2.66. The first-order valence-corrected chi connectivity index (χ1v) is 3.55. The fourth-order valence-corrected chi connectivity index (χ4v) is 0.712. The van der Waals surface area contributed by atoms with Crippen LogP contribution in [0.5, 0.6) is 0 Å². The lowest BCUT2D eigenvalue weighted by molar-refractivity contribution is -0.199. The first kappa shape index (κ1) is 14.1. The molecule has 1 unspecified atom stereocenters. The van der Waals surface area contributed by atoms with Gasteiger partial charge < -0.3 is 9.47 Å². The molecule has 0 saturated carbocycles. The Kier molecular flexibility index (Phi) is 4.44. The molecule has 90 valence electrons. The Morgan fingerprint density at radius 1 is 1.07 bits per heavy atom.